The standard InChI is InChI=1S/C18H18ClNO2/c1-12-7-9-17(22-3)14(11-12)8-10-18(21)20-16-6-4-5-15(19)13(16)2/h4-11H,1-3H3,(H,20,21)/b10-8+. The molecule has 3 nitrogen and oxygen atoms in total. The van der Waals surface area contributed by atoms with E-state index in [0.717, 1.165) is 22.4 Å². The van der Waals surface area contributed by atoms with E-state index in [-0.39, 0.29) is 5.91 Å². The number of nitrogens with one attached hydrogen (secondary N) is 1. The van der Waals surface area contributed by atoms with Crippen LogP contribution in [0.15, 0.2) is 42.5 Å². The maximum atomic E-state index is 12.1. The lowest BCUT2D eigenvalue weighted by atomic mass is 10.1. The van der Waals surface area contributed by atoms with Crippen molar-refractivity contribution >= 4 is 29.3 Å². The second-order valence-electron chi connectivity index (χ2n) is 4.98. The van der Waals surface area contributed by atoms with Gasteiger partial charge in [0, 0.05) is 22.3 Å². The molecule has 0 saturated carbocycles. The summed E-state index contributed by atoms with van der Waals surface area (Å²) in [5, 5.41) is 3.45. The van der Waals surface area contributed by atoms with Crippen molar-refractivity contribution in [3.05, 3.63) is 64.2 Å². The van der Waals surface area contributed by atoms with Crippen molar-refractivity contribution in [1.29, 1.82) is 0 Å². The molecule has 22 heavy (non-hydrogen) atoms. The molecule has 4 heteroatoms. The number of ether oxygens (including phenoxy) is 1. The summed E-state index contributed by atoms with van der Waals surface area (Å²) in [6.45, 7) is 3.86. The molecule has 2 aromatic rings. The van der Waals surface area contributed by atoms with E-state index in [2.05, 4.69) is 5.32 Å². The van der Waals surface area contributed by atoms with Crippen molar-refractivity contribution in [1.82, 2.24) is 0 Å². The summed E-state index contributed by atoms with van der Waals surface area (Å²) in [7, 11) is 1.61. The average Bonchev–Trinajstić information content (AvgIpc) is 2.50. The number of hydrogen-bond donors (Lipinski definition) is 1. The van der Waals surface area contributed by atoms with Gasteiger partial charge in [-0.3, -0.25) is 4.79 Å². The first-order valence-electron chi connectivity index (χ1n) is 6.90. The molecule has 0 aliphatic heterocycles. The first-order valence-corrected chi connectivity index (χ1v) is 7.28. The Morgan fingerprint density at radius 2 is 2.00 bits per heavy atom. The van der Waals surface area contributed by atoms with Crippen LogP contribution in [-0.2, 0) is 4.79 Å². The molecule has 2 rings (SSSR count). The molecule has 1 N–H and O–H groups in total. The molecule has 0 radical (unpaired) electrons. The van der Waals surface area contributed by atoms with Gasteiger partial charge in [0.1, 0.15) is 5.75 Å². The van der Waals surface area contributed by atoms with Crippen LogP contribution in [-0.4, -0.2) is 13.0 Å². The summed E-state index contributed by atoms with van der Waals surface area (Å²) in [4.78, 5) is 12.1. The summed E-state index contributed by atoms with van der Waals surface area (Å²) >= 11 is 6.04. The van der Waals surface area contributed by atoms with Gasteiger partial charge in [-0.15, -0.1) is 0 Å². The van der Waals surface area contributed by atoms with Crippen molar-refractivity contribution < 1.29 is 9.53 Å². The van der Waals surface area contributed by atoms with Crippen molar-refractivity contribution in [3.63, 3.8) is 0 Å². The molecule has 0 aliphatic carbocycles. The van der Waals surface area contributed by atoms with Gasteiger partial charge in [-0.05, 0) is 49.8 Å². The van der Waals surface area contributed by atoms with E-state index in [0.29, 0.717) is 10.7 Å². The van der Waals surface area contributed by atoms with Crippen LogP contribution < -0.4 is 10.1 Å². The molecule has 2 aromatic carbocycles. The van der Waals surface area contributed by atoms with E-state index in [9.17, 15) is 4.79 Å². The Hall–Kier alpha value is -2.26. The molecule has 0 unspecified atom stereocenters. The Morgan fingerprint density at radius 3 is 2.73 bits per heavy atom. The molecule has 0 atom stereocenters. The van der Waals surface area contributed by atoms with Crippen molar-refractivity contribution in [2.24, 2.45) is 0 Å². The Balaban J connectivity index is 2.15. The summed E-state index contributed by atoms with van der Waals surface area (Å²) < 4.78 is 5.29. The first kappa shape index (κ1) is 16.1. The fourth-order valence-electron chi connectivity index (χ4n) is 2.07. The number of anilines is 1. The molecular weight excluding hydrogens is 298 g/mol. The number of benzene rings is 2. The minimum atomic E-state index is -0.214. The smallest absolute Gasteiger partial charge is 0.248 e. The molecule has 0 bridgehead atoms. The number of carbonyl (C=O) groups is 1. The Bertz CT molecular complexity index is 723. The summed E-state index contributed by atoms with van der Waals surface area (Å²) in [5.74, 6) is 0.516. The van der Waals surface area contributed by atoms with Crippen LogP contribution >= 0.6 is 11.6 Å². The summed E-state index contributed by atoms with van der Waals surface area (Å²) in [5.41, 5.74) is 3.52. The van der Waals surface area contributed by atoms with Crippen LogP contribution in [0.5, 0.6) is 5.75 Å². The zero-order chi connectivity index (χ0) is 16.1. The third kappa shape index (κ3) is 3.89. The highest BCUT2D eigenvalue weighted by atomic mass is 35.5. The SMILES string of the molecule is COc1ccc(C)cc1/C=C/C(=O)Nc1cccc(Cl)c1C. The molecule has 0 aromatic heterocycles. The lowest BCUT2D eigenvalue weighted by Crippen LogP contribution is -2.09. The highest BCUT2D eigenvalue weighted by molar-refractivity contribution is 6.31. The van der Waals surface area contributed by atoms with Crippen molar-refractivity contribution in [3.8, 4) is 5.75 Å². The highest BCUT2D eigenvalue weighted by Crippen LogP contribution is 2.23. The Morgan fingerprint density at radius 1 is 1.23 bits per heavy atom. The van der Waals surface area contributed by atoms with E-state index < -0.39 is 0 Å². The van der Waals surface area contributed by atoms with E-state index in [1.54, 1.807) is 25.3 Å². The largest absolute Gasteiger partial charge is 0.496 e. The number of methoxy groups -OCH3 is 1. The van der Waals surface area contributed by atoms with E-state index in [1.807, 2.05) is 38.1 Å². The number of halogens is 1. The van der Waals surface area contributed by atoms with Gasteiger partial charge in [-0.2, -0.15) is 0 Å². The first-order chi connectivity index (χ1) is 10.5. The zero-order valence-corrected chi connectivity index (χ0v) is 13.6. The number of amides is 1. The number of hydrogen-bond acceptors (Lipinski definition) is 2. The number of aryl methyl sites for hydroxylation is 1. The van der Waals surface area contributed by atoms with Gasteiger partial charge < -0.3 is 10.1 Å². The normalized spacial score (nSPS) is 10.7. The van der Waals surface area contributed by atoms with Crippen LogP contribution in [0.25, 0.3) is 6.08 Å². The van der Waals surface area contributed by atoms with Gasteiger partial charge in [0.15, 0.2) is 0 Å². The van der Waals surface area contributed by atoms with Gasteiger partial charge in [-0.25, -0.2) is 0 Å². The van der Waals surface area contributed by atoms with Crippen LogP contribution in [0.2, 0.25) is 5.02 Å². The molecule has 0 fully saturated rings. The second kappa shape index (κ2) is 7.14. The van der Waals surface area contributed by atoms with Crippen molar-refractivity contribution in [2.45, 2.75) is 13.8 Å². The molecule has 1 amide bonds. The van der Waals surface area contributed by atoms with Gasteiger partial charge in [0.05, 0.1) is 7.11 Å². The van der Waals surface area contributed by atoms with Crippen molar-refractivity contribution in [2.75, 3.05) is 12.4 Å². The predicted molar refractivity (Wildman–Crippen MR) is 91.6 cm³/mol. The number of rotatable bonds is 4. The lowest BCUT2D eigenvalue weighted by Gasteiger charge is -2.08. The lowest BCUT2D eigenvalue weighted by molar-refractivity contribution is -0.111. The monoisotopic (exact) mass is 315 g/mol. The van der Waals surface area contributed by atoms with Crippen LogP contribution in [0.3, 0.4) is 0 Å². The molecule has 0 saturated heterocycles. The zero-order valence-electron chi connectivity index (χ0n) is 12.8. The summed E-state index contributed by atoms with van der Waals surface area (Å²) in [6, 6.07) is 11.2. The Labute approximate surface area is 135 Å². The predicted octanol–water partition coefficient (Wildman–Crippen LogP) is 4.62. The minimum Gasteiger partial charge on any atom is -0.496 e. The molecule has 0 spiro atoms. The molecular formula is C18H18ClNO2. The van der Waals surface area contributed by atoms with Crippen LogP contribution in [0, 0.1) is 13.8 Å². The van der Waals surface area contributed by atoms with Crippen LogP contribution in [0.1, 0.15) is 16.7 Å². The quantitative estimate of drug-likeness (QED) is 0.836. The van der Waals surface area contributed by atoms with Gasteiger partial charge in [0.2, 0.25) is 5.91 Å². The fourth-order valence-corrected chi connectivity index (χ4v) is 2.24. The van der Waals surface area contributed by atoms with Crippen LogP contribution in [0.4, 0.5) is 5.69 Å². The molecule has 114 valence electrons. The summed E-state index contributed by atoms with van der Waals surface area (Å²) in [6.07, 6.45) is 3.22. The van der Waals surface area contributed by atoms with Gasteiger partial charge in [0.25, 0.3) is 0 Å². The van der Waals surface area contributed by atoms with E-state index in [1.165, 1.54) is 6.08 Å². The molecule has 0 aliphatic rings. The number of carbonyl (C=O) groups excluding carboxylic acids is 1. The van der Waals surface area contributed by atoms with E-state index in [4.69, 9.17) is 16.3 Å². The topological polar surface area (TPSA) is 38.3 Å². The minimum absolute atomic E-state index is 0.214. The molecule has 0 heterocycles. The second-order valence-corrected chi connectivity index (χ2v) is 5.39. The fraction of sp³-hybridized carbons (Fsp3) is 0.167. The van der Waals surface area contributed by atoms with E-state index >= 15 is 0 Å². The third-order valence-corrected chi connectivity index (χ3v) is 3.73. The average molecular weight is 316 g/mol. The van der Waals surface area contributed by atoms with Gasteiger partial charge in [-0.1, -0.05) is 29.3 Å². The maximum absolute atomic E-state index is 12.1. The Kier molecular flexibility index (Phi) is 5.23. The van der Waals surface area contributed by atoms with Gasteiger partial charge >= 0.3 is 0 Å². The third-order valence-electron chi connectivity index (χ3n) is 3.33. The maximum Gasteiger partial charge on any atom is 0.248 e. The highest BCUT2D eigenvalue weighted by Gasteiger charge is 2.05.